The van der Waals surface area contributed by atoms with Crippen LogP contribution in [0.5, 0.6) is 5.75 Å². The molecule has 4 rings (SSSR count). The van der Waals surface area contributed by atoms with E-state index in [1.165, 1.54) is 4.90 Å². The van der Waals surface area contributed by atoms with E-state index in [1.54, 1.807) is 24.3 Å². The number of morpholine rings is 1. The molecule has 0 radical (unpaired) electrons. The van der Waals surface area contributed by atoms with Crippen LogP contribution in [-0.2, 0) is 16.1 Å². The highest BCUT2D eigenvalue weighted by Crippen LogP contribution is 2.22. The third kappa shape index (κ3) is 5.97. The Labute approximate surface area is 193 Å². The number of imide groups is 1. The molecular weight excluding hydrogens is 422 g/mol. The predicted molar refractivity (Wildman–Crippen MR) is 122 cm³/mol. The molecule has 0 bridgehead atoms. The molecule has 0 atom stereocenters. The standard InChI is InChI=1S/C25H29N3O5/c29-23(9-4-10-28-24(30)21-7-1-2-8-22(21)25(28)31)26-18-19-5-3-6-20(17-19)33-16-13-27-11-14-32-15-12-27/h1-3,5-8,17H,4,9-16,18H2,(H,26,29). The molecule has 2 aromatic rings. The van der Waals surface area contributed by atoms with Gasteiger partial charge >= 0.3 is 0 Å². The van der Waals surface area contributed by atoms with E-state index in [1.807, 2.05) is 24.3 Å². The van der Waals surface area contributed by atoms with Gasteiger partial charge in [-0.05, 0) is 36.2 Å². The number of benzene rings is 2. The lowest BCUT2D eigenvalue weighted by molar-refractivity contribution is -0.121. The molecule has 33 heavy (non-hydrogen) atoms. The highest BCUT2D eigenvalue weighted by molar-refractivity contribution is 6.21. The van der Waals surface area contributed by atoms with Crippen molar-refractivity contribution in [2.75, 3.05) is 46.0 Å². The number of amides is 3. The minimum Gasteiger partial charge on any atom is -0.492 e. The first-order valence-corrected chi connectivity index (χ1v) is 11.4. The molecule has 1 saturated heterocycles. The lowest BCUT2D eigenvalue weighted by Gasteiger charge is -2.26. The molecule has 174 valence electrons. The van der Waals surface area contributed by atoms with Crippen molar-refractivity contribution in [3.8, 4) is 5.75 Å². The van der Waals surface area contributed by atoms with E-state index in [4.69, 9.17) is 9.47 Å². The zero-order valence-electron chi connectivity index (χ0n) is 18.6. The van der Waals surface area contributed by atoms with Crippen molar-refractivity contribution in [3.05, 3.63) is 65.2 Å². The fraction of sp³-hybridized carbons (Fsp3) is 0.400. The highest BCUT2D eigenvalue weighted by atomic mass is 16.5. The van der Waals surface area contributed by atoms with E-state index in [0.29, 0.717) is 30.7 Å². The lowest BCUT2D eigenvalue weighted by Crippen LogP contribution is -2.38. The second-order valence-electron chi connectivity index (χ2n) is 8.14. The van der Waals surface area contributed by atoms with Crippen LogP contribution in [0.1, 0.15) is 39.1 Å². The normalized spacial score (nSPS) is 16.1. The first kappa shape index (κ1) is 22.9. The van der Waals surface area contributed by atoms with Gasteiger partial charge in [-0.15, -0.1) is 0 Å². The summed E-state index contributed by atoms with van der Waals surface area (Å²) in [5.41, 5.74) is 1.81. The maximum atomic E-state index is 12.4. The van der Waals surface area contributed by atoms with Crippen LogP contribution in [0.2, 0.25) is 0 Å². The van der Waals surface area contributed by atoms with Crippen molar-refractivity contribution in [2.45, 2.75) is 19.4 Å². The second-order valence-corrected chi connectivity index (χ2v) is 8.14. The average Bonchev–Trinajstić information content (AvgIpc) is 3.09. The number of fused-ring (bicyclic) bond motifs is 1. The predicted octanol–water partition coefficient (Wildman–Crippen LogP) is 2.09. The van der Waals surface area contributed by atoms with E-state index in [-0.39, 0.29) is 30.7 Å². The van der Waals surface area contributed by atoms with Crippen LogP contribution in [0.15, 0.2) is 48.5 Å². The van der Waals surface area contributed by atoms with Crippen molar-refractivity contribution in [1.82, 2.24) is 15.1 Å². The third-order valence-electron chi connectivity index (χ3n) is 5.83. The van der Waals surface area contributed by atoms with Crippen molar-refractivity contribution < 1.29 is 23.9 Å². The first-order chi connectivity index (χ1) is 16.1. The van der Waals surface area contributed by atoms with Crippen molar-refractivity contribution in [2.24, 2.45) is 0 Å². The fourth-order valence-electron chi connectivity index (χ4n) is 3.99. The van der Waals surface area contributed by atoms with Gasteiger partial charge in [-0.25, -0.2) is 0 Å². The number of rotatable bonds is 10. The van der Waals surface area contributed by atoms with Gasteiger partial charge in [0.1, 0.15) is 12.4 Å². The fourth-order valence-corrected chi connectivity index (χ4v) is 3.99. The van der Waals surface area contributed by atoms with Crippen LogP contribution in [0.3, 0.4) is 0 Å². The molecule has 1 N–H and O–H groups in total. The zero-order valence-corrected chi connectivity index (χ0v) is 18.6. The van der Waals surface area contributed by atoms with Crippen molar-refractivity contribution in [3.63, 3.8) is 0 Å². The Kier molecular flexibility index (Phi) is 7.70. The molecule has 2 heterocycles. The molecule has 1 fully saturated rings. The molecule has 0 aliphatic carbocycles. The van der Waals surface area contributed by atoms with Gasteiger partial charge in [-0.1, -0.05) is 24.3 Å². The Morgan fingerprint density at radius 1 is 0.970 bits per heavy atom. The summed E-state index contributed by atoms with van der Waals surface area (Å²) < 4.78 is 11.2. The smallest absolute Gasteiger partial charge is 0.261 e. The van der Waals surface area contributed by atoms with Crippen LogP contribution in [0.4, 0.5) is 0 Å². The number of ether oxygens (including phenoxy) is 2. The molecule has 0 aromatic heterocycles. The van der Waals surface area contributed by atoms with Gasteiger partial charge in [0, 0.05) is 39.1 Å². The molecule has 8 heteroatoms. The lowest BCUT2D eigenvalue weighted by atomic mass is 10.1. The largest absolute Gasteiger partial charge is 0.492 e. The Balaban J connectivity index is 1.16. The number of carbonyl (C=O) groups excluding carboxylic acids is 3. The summed E-state index contributed by atoms with van der Waals surface area (Å²) >= 11 is 0. The molecule has 2 aromatic carbocycles. The SMILES string of the molecule is O=C(CCCN1C(=O)c2ccccc2C1=O)NCc1cccc(OCCN2CCOCC2)c1. The van der Waals surface area contributed by atoms with E-state index in [0.717, 1.165) is 44.2 Å². The summed E-state index contributed by atoms with van der Waals surface area (Å²) in [6.45, 7) is 5.50. The Bertz CT molecular complexity index is 968. The number of nitrogens with one attached hydrogen (secondary N) is 1. The van der Waals surface area contributed by atoms with Gasteiger partial charge in [-0.2, -0.15) is 0 Å². The summed E-state index contributed by atoms with van der Waals surface area (Å²) in [7, 11) is 0. The quantitative estimate of drug-likeness (QED) is 0.557. The maximum Gasteiger partial charge on any atom is 0.261 e. The monoisotopic (exact) mass is 451 g/mol. The topological polar surface area (TPSA) is 88.2 Å². The Hall–Kier alpha value is -3.23. The van der Waals surface area contributed by atoms with Crippen molar-refractivity contribution >= 4 is 17.7 Å². The minimum atomic E-state index is -0.290. The third-order valence-corrected chi connectivity index (χ3v) is 5.83. The molecule has 0 saturated carbocycles. The summed E-state index contributed by atoms with van der Waals surface area (Å²) in [5.74, 6) is 0.0776. The molecular formula is C25H29N3O5. The summed E-state index contributed by atoms with van der Waals surface area (Å²) in [5, 5.41) is 2.89. The van der Waals surface area contributed by atoms with E-state index >= 15 is 0 Å². The Morgan fingerprint density at radius 2 is 1.70 bits per heavy atom. The van der Waals surface area contributed by atoms with Crippen LogP contribution >= 0.6 is 0 Å². The number of hydrogen-bond donors (Lipinski definition) is 1. The van der Waals surface area contributed by atoms with Crippen LogP contribution in [-0.4, -0.2) is 73.5 Å². The molecule has 0 unspecified atom stereocenters. The molecule has 3 amide bonds. The zero-order chi connectivity index (χ0) is 23.0. The van der Waals surface area contributed by atoms with Crippen molar-refractivity contribution in [1.29, 1.82) is 0 Å². The van der Waals surface area contributed by atoms with Crippen LogP contribution in [0, 0.1) is 0 Å². The Morgan fingerprint density at radius 3 is 2.42 bits per heavy atom. The summed E-state index contributed by atoms with van der Waals surface area (Å²) in [4.78, 5) is 40.5. The van der Waals surface area contributed by atoms with Gasteiger partial charge in [0.25, 0.3) is 11.8 Å². The van der Waals surface area contributed by atoms with E-state index in [2.05, 4.69) is 10.2 Å². The number of hydrogen-bond acceptors (Lipinski definition) is 6. The first-order valence-electron chi connectivity index (χ1n) is 11.4. The molecule has 2 aliphatic rings. The van der Waals surface area contributed by atoms with Gasteiger partial charge in [0.05, 0.1) is 24.3 Å². The summed E-state index contributed by atoms with van der Waals surface area (Å²) in [6, 6.07) is 14.5. The molecule has 2 aliphatic heterocycles. The molecule has 0 spiro atoms. The maximum absolute atomic E-state index is 12.4. The minimum absolute atomic E-state index is 0.120. The van der Waals surface area contributed by atoms with Gasteiger partial charge in [0.2, 0.25) is 5.91 Å². The van der Waals surface area contributed by atoms with Crippen LogP contribution < -0.4 is 10.1 Å². The van der Waals surface area contributed by atoms with Gasteiger partial charge < -0.3 is 14.8 Å². The van der Waals surface area contributed by atoms with E-state index < -0.39 is 0 Å². The number of carbonyl (C=O) groups is 3. The van der Waals surface area contributed by atoms with E-state index in [9.17, 15) is 14.4 Å². The van der Waals surface area contributed by atoms with Gasteiger partial charge in [-0.3, -0.25) is 24.2 Å². The van der Waals surface area contributed by atoms with Crippen LogP contribution in [0.25, 0.3) is 0 Å². The number of nitrogens with zero attached hydrogens (tertiary/aromatic N) is 2. The molecule has 8 nitrogen and oxygen atoms in total. The average molecular weight is 452 g/mol. The highest BCUT2D eigenvalue weighted by Gasteiger charge is 2.34. The second kappa shape index (κ2) is 11.1. The summed E-state index contributed by atoms with van der Waals surface area (Å²) in [6.07, 6.45) is 0.658. The van der Waals surface area contributed by atoms with Gasteiger partial charge in [0.15, 0.2) is 0 Å².